The topological polar surface area (TPSA) is 21.3 Å². The van der Waals surface area contributed by atoms with Crippen LogP contribution in [0.3, 0.4) is 0 Å². The van der Waals surface area contributed by atoms with Crippen molar-refractivity contribution in [2.45, 2.75) is 64.8 Å². The minimum absolute atomic E-state index is 0.176. The molecule has 1 aliphatic rings. The van der Waals surface area contributed by atoms with E-state index in [1.54, 1.807) is 0 Å². The number of rotatable bonds is 10. The van der Waals surface area contributed by atoms with E-state index in [4.69, 9.17) is 4.42 Å². The highest BCUT2D eigenvalue weighted by atomic mass is 16.3. The highest BCUT2D eigenvalue weighted by molar-refractivity contribution is 6.13. The van der Waals surface area contributed by atoms with E-state index in [-0.39, 0.29) is 11.5 Å². The van der Waals surface area contributed by atoms with Gasteiger partial charge in [-0.3, -0.25) is 0 Å². The summed E-state index contributed by atoms with van der Waals surface area (Å²) in [7, 11) is 0. The van der Waals surface area contributed by atoms with Gasteiger partial charge in [0.15, 0.2) is 0 Å². The van der Waals surface area contributed by atoms with Crippen LogP contribution in [0.15, 0.2) is 205 Å². The third-order valence-electron chi connectivity index (χ3n) is 15.3. The van der Waals surface area contributed by atoms with Gasteiger partial charge < -0.3 is 13.9 Å². The fraction of sp³-hybridized carbons (Fsp3) is 0.152. The van der Waals surface area contributed by atoms with Gasteiger partial charge in [-0.1, -0.05) is 160 Å². The van der Waals surface area contributed by atoms with Crippen molar-refractivity contribution in [2.75, 3.05) is 4.90 Å². The third-order valence-corrected chi connectivity index (χ3v) is 15.3. The molecule has 0 aliphatic heterocycles. The summed E-state index contributed by atoms with van der Waals surface area (Å²) < 4.78 is 8.96. The molecule has 0 radical (unpaired) electrons. The van der Waals surface area contributed by atoms with Gasteiger partial charge in [-0.25, -0.2) is 0 Å². The van der Waals surface area contributed by atoms with Crippen LogP contribution in [0.2, 0.25) is 0 Å². The quantitative estimate of drug-likeness (QED) is 0.136. The molecule has 0 saturated heterocycles. The molecule has 2 aromatic heterocycles. The molecule has 0 amide bonds. The first kappa shape index (κ1) is 41.3. The number of anilines is 3. The van der Waals surface area contributed by atoms with Crippen LogP contribution in [0.5, 0.6) is 0 Å². The summed E-state index contributed by atoms with van der Waals surface area (Å²) in [6.45, 7) is 9.34. The first-order chi connectivity index (χ1) is 33.9. The van der Waals surface area contributed by atoms with Crippen LogP contribution >= 0.6 is 0 Å². The second-order valence-corrected chi connectivity index (χ2v) is 19.6. The Morgan fingerprint density at radius 1 is 0.449 bits per heavy atom. The van der Waals surface area contributed by atoms with Gasteiger partial charge in [0.1, 0.15) is 11.2 Å². The van der Waals surface area contributed by atoms with Gasteiger partial charge in [0.05, 0.1) is 11.2 Å². The Morgan fingerprint density at radius 3 is 1.83 bits per heavy atom. The lowest BCUT2D eigenvalue weighted by atomic mass is 9.71. The fourth-order valence-electron chi connectivity index (χ4n) is 12.4. The minimum Gasteiger partial charge on any atom is -0.456 e. The molecule has 0 saturated carbocycles. The molecule has 0 unspecified atom stereocenters. The molecule has 13 rings (SSSR count). The Balaban J connectivity index is 1.05. The Morgan fingerprint density at radius 2 is 1.06 bits per heavy atom. The maximum atomic E-state index is 6.44. The first-order valence-electron chi connectivity index (χ1n) is 25.0. The van der Waals surface area contributed by atoms with Crippen molar-refractivity contribution in [3.63, 3.8) is 0 Å². The molecule has 0 spiro atoms. The van der Waals surface area contributed by atoms with Crippen LogP contribution in [0.1, 0.15) is 70.5 Å². The maximum Gasteiger partial charge on any atom is 0.135 e. The number of nitrogens with zero attached hydrogens (tertiary/aromatic N) is 2. The number of fused-ring (bicyclic) bond motifs is 12. The lowest BCUT2D eigenvalue weighted by Crippen LogP contribution is -2.25. The van der Waals surface area contributed by atoms with Crippen LogP contribution in [-0.2, 0) is 5.41 Å². The smallest absolute Gasteiger partial charge is 0.135 e. The van der Waals surface area contributed by atoms with Crippen LogP contribution in [0.25, 0.3) is 98.7 Å². The summed E-state index contributed by atoms with van der Waals surface area (Å²) in [6, 6.07) is 75.2. The summed E-state index contributed by atoms with van der Waals surface area (Å²) in [5.74, 6) is 0. The van der Waals surface area contributed by atoms with Crippen molar-refractivity contribution < 1.29 is 4.42 Å². The molecule has 1 aliphatic carbocycles. The summed E-state index contributed by atoms with van der Waals surface area (Å²) in [6.07, 6.45) is 4.28. The van der Waals surface area contributed by atoms with Gasteiger partial charge in [-0.15, -0.1) is 0 Å². The normalized spacial score (nSPS) is 13.1. The number of aromatic nitrogens is 1. The number of benzene rings is 10. The summed E-state index contributed by atoms with van der Waals surface area (Å²) >= 11 is 0. The van der Waals surface area contributed by atoms with Crippen molar-refractivity contribution in [3.8, 4) is 33.4 Å². The van der Waals surface area contributed by atoms with Gasteiger partial charge in [0, 0.05) is 55.3 Å². The zero-order valence-electron chi connectivity index (χ0n) is 39.8. The second-order valence-electron chi connectivity index (χ2n) is 19.6. The molecule has 3 nitrogen and oxygen atoms in total. The number of furan rings is 1. The van der Waals surface area contributed by atoms with Crippen molar-refractivity contribution in [1.29, 1.82) is 0 Å². The second kappa shape index (κ2) is 16.1. The zero-order valence-corrected chi connectivity index (χ0v) is 39.8. The van der Waals surface area contributed by atoms with Crippen LogP contribution < -0.4 is 4.90 Å². The highest BCUT2D eigenvalue weighted by Crippen LogP contribution is 2.59. The molecular weight excluding hydrogens is 837 g/mol. The predicted molar refractivity (Wildman–Crippen MR) is 294 cm³/mol. The van der Waals surface area contributed by atoms with E-state index >= 15 is 0 Å². The van der Waals surface area contributed by atoms with Crippen molar-refractivity contribution in [1.82, 2.24) is 4.57 Å². The summed E-state index contributed by atoms with van der Waals surface area (Å²) in [5.41, 5.74) is 18.2. The lowest BCUT2D eigenvalue weighted by molar-refractivity contribution is 0.436. The number of para-hydroxylation sites is 2. The van der Waals surface area contributed by atoms with E-state index < -0.39 is 0 Å². The van der Waals surface area contributed by atoms with Crippen molar-refractivity contribution >= 4 is 82.4 Å². The van der Waals surface area contributed by atoms with E-state index in [0.717, 1.165) is 59.0 Å². The van der Waals surface area contributed by atoms with Crippen LogP contribution in [0, 0.1) is 0 Å². The number of hydrogen-bond acceptors (Lipinski definition) is 2. The molecule has 12 aromatic rings. The highest BCUT2D eigenvalue weighted by Gasteiger charge is 2.44. The molecule has 334 valence electrons. The van der Waals surface area contributed by atoms with Gasteiger partial charge in [0.25, 0.3) is 0 Å². The standard InChI is InChI=1S/C66H54N2O/c1-5-34-66(35-6-2)58-38-47(46-27-25-44-24-26-45(36-48(44)37-46)43-16-8-7-9-17-43)28-31-56(58)65-55-21-11-10-19-52(55)62(41-59(65)66)68(49-30-33-64-57(39-49)54-20-13-15-23-63(54)69-64)50-29-32-53-51-18-12-14-22-60(51)67(42(3)4)61(53)40-50/h7-33,36-42H,5-6,34-35H2,1-4H3. The van der Waals surface area contributed by atoms with Gasteiger partial charge in [0.2, 0.25) is 0 Å². The van der Waals surface area contributed by atoms with E-state index in [0.29, 0.717) is 0 Å². The molecule has 69 heavy (non-hydrogen) atoms. The van der Waals surface area contributed by atoms with E-state index in [9.17, 15) is 0 Å². The molecule has 0 bridgehead atoms. The number of hydrogen-bond donors (Lipinski definition) is 0. The maximum absolute atomic E-state index is 6.44. The van der Waals surface area contributed by atoms with Crippen LogP contribution in [-0.4, -0.2) is 4.57 Å². The van der Waals surface area contributed by atoms with Gasteiger partial charge >= 0.3 is 0 Å². The Bertz CT molecular complexity index is 3970. The monoisotopic (exact) mass is 890 g/mol. The molecule has 0 atom stereocenters. The van der Waals surface area contributed by atoms with E-state index in [2.05, 4.69) is 237 Å². The first-order valence-corrected chi connectivity index (χ1v) is 25.0. The van der Waals surface area contributed by atoms with Gasteiger partial charge in [-0.05, 0) is 154 Å². The fourth-order valence-corrected chi connectivity index (χ4v) is 12.4. The SMILES string of the molecule is CCCC1(CCC)c2cc(-c3ccc4ccc(-c5ccccc5)cc4c3)ccc2-c2c1cc(N(c1ccc3oc4ccccc4c3c1)c1ccc3c4ccccc4n(C(C)C)c3c1)c1ccccc21. The third kappa shape index (κ3) is 6.40. The summed E-state index contributed by atoms with van der Waals surface area (Å²) in [5, 5.41) is 9.86. The average Bonchev–Trinajstić information content (AvgIpc) is 4.02. The van der Waals surface area contributed by atoms with Crippen molar-refractivity contribution in [2.24, 2.45) is 0 Å². The molecule has 2 heterocycles. The lowest BCUT2D eigenvalue weighted by Gasteiger charge is -2.34. The van der Waals surface area contributed by atoms with Gasteiger partial charge in [-0.2, -0.15) is 0 Å². The predicted octanol–water partition coefficient (Wildman–Crippen LogP) is 19.3. The zero-order chi connectivity index (χ0) is 46.4. The molecule has 0 N–H and O–H groups in total. The molecule has 0 fully saturated rings. The van der Waals surface area contributed by atoms with E-state index in [1.807, 2.05) is 0 Å². The Kier molecular flexibility index (Phi) is 9.66. The molecule has 10 aromatic carbocycles. The molecular formula is C66H54N2O. The molecule has 3 heteroatoms. The van der Waals surface area contributed by atoms with E-state index in [1.165, 1.54) is 93.5 Å². The van der Waals surface area contributed by atoms with Crippen LogP contribution in [0.4, 0.5) is 17.1 Å². The average molecular weight is 891 g/mol. The van der Waals surface area contributed by atoms with Crippen molar-refractivity contribution in [3.05, 3.63) is 211 Å². The minimum atomic E-state index is -0.176. The Labute approximate surface area is 403 Å². The summed E-state index contributed by atoms with van der Waals surface area (Å²) in [4.78, 5) is 2.54. The Hall–Kier alpha value is -7.88. The largest absolute Gasteiger partial charge is 0.456 e.